The van der Waals surface area contributed by atoms with Gasteiger partial charge in [-0.15, -0.1) is 0 Å². The van der Waals surface area contributed by atoms with Gasteiger partial charge < -0.3 is 4.90 Å². The second-order valence-corrected chi connectivity index (χ2v) is 9.58. The number of amides is 2. The third kappa shape index (κ3) is 2.87. The summed E-state index contributed by atoms with van der Waals surface area (Å²) in [5, 5.41) is 3.71. The number of carbonyl (C=O) groups is 2. The highest BCUT2D eigenvalue weighted by Gasteiger charge is 2.53. The molecular formula is C22H29N3O2. The number of hydrogen-bond acceptors (Lipinski definition) is 4. The largest absolute Gasteiger partial charge is 0.378 e. The van der Waals surface area contributed by atoms with E-state index in [1.807, 2.05) is 43.3 Å². The Hall–Kier alpha value is -1.88. The minimum absolute atomic E-state index is 0.0756. The van der Waals surface area contributed by atoms with E-state index >= 15 is 0 Å². The zero-order valence-electron chi connectivity index (χ0n) is 16.3. The van der Waals surface area contributed by atoms with E-state index in [0.717, 1.165) is 23.4 Å². The number of nitrogens with one attached hydrogen (secondary N) is 1. The summed E-state index contributed by atoms with van der Waals surface area (Å²) < 4.78 is 0. The maximum absolute atomic E-state index is 13.1. The van der Waals surface area contributed by atoms with Gasteiger partial charge in [-0.2, -0.15) is 0 Å². The molecule has 0 radical (unpaired) electrons. The fraction of sp³-hybridized carbons (Fsp3) is 0.636. The van der Waals surface area contributed by atoms with E-state index < -0.39 is 0 Å². The lowest BCUT2D eigenvalue weighted by Crippen LogP contribution is -2.61. The van der Waals surface area contributed by atoms with Crippen LogP contribution in [0.2, 0.25) is 0 Å². The number of anilines is 2. The van der Waals surface area contributed by atoms with E-state index in [2.05, 4.69) is 5.32 Å². The molecule has 5 nitrogen and oxygen atoms in total. The van der Waals surface area contributed by atoms with E-state index in [4.69, 9.17) is 0 Å². The topological polar surface area (TPSA) is 52.6 Å². The third-order valence-corrected chi connectivity index (χ3v) is 7.29. The molecule has 4 saturated carbocycles. The van der Waals surface area contributed by atoms with Crippen LogP contribution in [0.3, 0.4) is 0 Å². The SMILES string of the molecule is CN(C)c1ccc(N2C(=O)CC(NC34CC5CC(CC(C5)C3)C4)C2=O)cc1. The van der Waals surface area contributed by atoms with Gasteiger partial charge in [-0.25, -0.2) is 4.90 Å². The van der Waals surface area contributed by atoms with Crippen molar-refractivity contribution in [3.63, 3.8) is 0 Å². The van der Waals surface area contributed by atoms with Crippen LogP contribution in [0.4, 0.5) is 11.4 Å². The van der Waals surface area contributed by atoms with Crippen LogP contribution in [0.25, 0.3) is 0 Å². The third-order valence-electron chi connectivity index (χ3n) is 7.29. The maximum atomic E-state index is 13.1. The van der Waals surface area contributed by atoms with Crippen molar-refractivity contribution >= 4 is 23.2 Å². The molecule has 1 aliphatic heterocycles. The molecule has 1 aromatic carbocycles. The van der Waals surface area contributed by atoms with Crippen LogP contribution >= 0.6 is 0 Å². The Kier molecular flexibility index (Phi) is 3.87. The fourth-order valence-corrected chi connectivity index (χ4v) is 6.57. The second kappa shape index (κ2) is 6.06. The molecule has 5 aliphatic rings. The van der Waals surface area contributed by atoms with Gasteiger partial charge in [0.15, 0.2) is 0 Å². The van der Waals surface area contributed by atoms with Crippen LogP contribution in [0, 0.1) is 17.8 Å². The maximum Gasteiger partial charge on any atom is 0.251 e. The Labute approximate surface area is 161 Å². The minimum Gasteiger partial charge on any atom is -0.378 e. The summed E-state index contributed by atoms with van der Waals surface area (Å²) in [7, 11) is 3.96. The van der Waals surface area contributed by atoms with Crippen molar-refractivity contribution in [2.24, 2.45) is 17.8 Å². The van der Waals surface area contributed by atoms with Gasteiger partial charge in [0.25, 0.3) is 5.91 Å². The Morgan fingerprint density at radius 1 is 0.963 bits per heavy atom. The first-order chi connectivity index (χ1) is 12.9. The van der Waals surface area contributed by atoms with E-state index in [-0.39, 0.29) is 29.8 Å². The Balaban J connectivity index is 1.34. The summed E-state index contributed by atoms with van der Waals surface area (Å²) in [6, 6.07) is 7.30. The van der Waals surface area contributed by atoms with Crippen molar-refractivity contribution in [1.29, 1.82) is 0 Å². The van der Waals surface area contributed by atoms with Crippen molar-refractivity contribution in [1.82, 2.24) is 5.32 Å². The molecule has 5 fully saturated rings. The van der Waals surface area contributed by atoms with Gasteiger partial charge >= 0.3 is 0 Å². The lowest BCUT2D eigenvalue weighted by atomic mass is 9.53. The summed E-state index contributed by atoms with van der Waals surface area (Å²) in [6.45, 7) is 0. The Morgan fingerprint density at radius 2 is 1.52 bits per heavy atom. The second-order valence-electron chi connectivity index (χ2n) is 9.58. The highest BCUT2D eigenvalue weighted by molar-refractivity contribution is 6.22. The van der Waals surface area contributed by atoms with Crippen LogP contribution in [-0.4, -0.2) is 37.5 Å². The summed E-state index contributed by atoms with van der Waals surface area (Å²) in [4.78, 5) is 29.1. The van der Waals surface area contributed by atoms with Gasteiger partial charge in [0, 0.05) is 25.3 Å². The molecule has 6 rings (SSSR count). The van der Waals surface area contributed by atoms with Crippen molar-refractivity contribution in [2.45, 2.75) is 56.5 Å². The monoisotopic (exact) mass is 367 g/mol. The summed E-state index contributed by atoms with van der Waals surface area (Å²) in [5.41, 5.74) is 1.84. The molecule has 1 N–H and O–H groups in total. The lowest BCUT2D eigenvalue weighted by Gasteiger charge is -2.57. The van der Waals surface area contributed by atoms with E-state index in [0.29, 0.717) is 5.69 Å². The zero-order valence-corrected chi connectivity index (χ0v) is 16.3. The van der Waals surface area contributed by atoms with Crippen LogP contribution in [0.5, 0.6) is 0 Å². The standard InChI is InChI=1S/C22H29N3O2/c1-24(2)17-3-5-18(6-4-17)25-20(26)10-19(21(25)27)23-22-11-14-7-15(12-22)9-16(8-14)13-22/h3-6,14-16,19,23H,7-13H2,1-2H3. The number of benzene rings is 1. The molecular weight excluding hydrogens is 338 g/mol. The molecule has 1 aromatic rings. The average molecular weight is 367 g/mol. The first-order valence-electron chi connectivity index (χ1n) is 10.3. The molecule has 144 valence electrons. The average Bonchev–Trinajstić information content (AvgIpc) is 2.86. The normalized spacial score (nSPS) is 37.3. The predicted molar refractivity (Wildman–Crippen MR) is 106 cm³/mol. The first-order valence-corrected chi connectivity index (χ1v) is 10.3. The molecule has 1 unspecified atom stereocenters. The van der Waals surface area contributed by atoms with Gasteiger partial charge in [0.1, 0.15) is 0 Å². The highest BCUT2D eigenvalue weighted by atomic mass is 16.2. The lowest BCUT2D eigenvalue weighted by molar-refractivity contribution is -0.122. The molecule has 4 bridgehead atoms. The molecule has 0 spiro atoms. The van der Waals surface area contributed by atoms with Gasteiger partial charge in [-0.3, -0.25) is 14.9 Å². The van der Waals surface area contributed by atoms with Crippen molar-refractivity contribution in [3.05, 3.63) is 24.3 Å². The van der Waals surface area contributed by atoms with Gasteiger partial charge in [-0.05, 0) is 80.5 Å². The van der Waals surface area contributed by atoms with Gasteiger partial charge in [-0.1, -0.05) is 0 Å². The fourth-order valence-electron chi connectivity index (χ4n) is 6.57. The first kappa shape index (κ1) is 17.2. The molecule has 27 heavy (non-hydrogen) atoms. The van der Waals surface area contributed by atoms with Crippen molar-refractivity contribution < 1.29 is 9.59 Å². The Bertz CT molecular complexity index is 735. The van der Waals surface area contributed by atoms with Gasteiger partial charge in [0.05, 0.1) is 18.2 Å². The summed E-state index contributed by atoms with van der Waals surface area (Å²) in [6.07, 6.45) is 7.99. The number of carbonyl (C=O) groups excluding carboxylic acids is 2. The molecule has 0 aromatic heterocycles. The van der Waals surface area contributed by atoms with Crippen LogP contribution in [0.15, 0.2) is 24.3 Å². The van der Waals surface area contributed by atoms with E-state index in [9.17, 15) is 9.59 Å². The molecule has 1 saturated heterocycles. The number of hydrogen-bond donors (Lipinski definition) is 1. The molecule has 1 atom stereocenters. The molecule has 5 heteroatoms. The number of imide groups is 1. The smallest absolute Gasteiger partial charge is 0.251 e. The quantitative estimate of drug-likeness (QED) is 0.832. The van der Waals surface area contributed by atoms with E-state index in [1.54, 1.807) is 0 Å². The molecule has 1 heterocycles. The van der Waals surface area contributed by atoms with Crippen LogP contribution < -0.4 is 15.1 Å². The van der Waals surface area contributed by atoms with E-state index in [1.165, 1.54) is 43.4 Å². The number of nitrogens with zero attached hydrogens (tertiary/aromatic N) is 2. The van der Waals surface area contributed by atoms with Crippen LogP contribution in [0.1, 0.15) is 44.9 Å². The summed E-state index contributed by atoms with van der Waals surface area (Å²) >= 11 is 0. The Morgan fingerprint density at radius 3 is 2.04 bits per heavy atom. The van der Waals surface area contributed by atoms with Crippen molar-refractivity contribution in [3.8, 4) is 0 Å². The molecule has 2 amide bonds. The van der Waals surface area contributed by atoms with Gasteiger partial charge in [0.2, 0.25) is 5.91 Å². The number of rotatable bonds is 4. The zero-order chi connectivity index (χ0) is 18.8. The molecule has 4 aliphatic carbocycles. The van der Waals surface area contributed by atoms with Crippen molar-refractivity contribution in [2.75, 3.05) is 23.9 Å². The van der Waals surface area contributed by atoms with Crippen LogP contribution in [-0.2, 0) is 9.59 Å². The minimum atomic E-state index is -0.359. The summed E-state index contributed by atoms with van der Waals surface area (Å²) in [5.74, 6) is 2.31. The highest BCUT2D eigenvalue weighted by Crippen LogP contribution is 2.55. The predicted octanol–water partition coefficient (Wildman–Crippen LogP) is 2.94.